The first-order chi connectivity index (χ1) is 6.77. The average molecular weight is 276 g/mol. The van der Waals surface area contributed by atoms with E-state index in [4.69, 9.17) is 0 Å². The van der Waals surface area contributed by atoms with Crippen LogP contribution in [-0.2, 0) is 0 Å². The van der Waals surface area contributed by atoms with Gasteiger partial charge in [-0.1, -0.05) is 26.2 Å². The molecule has 0 saturated carbocycles. The number of hydrogen-bond donors (Lipinski definition) is 1. The van der Waals surface area contributed by atoms with Gasteiger partial charge in [0.25, 0.3) is 0 Å². The highest BCUT2D eigenvalue weighted by Gasteiger charge is 2.10. The monoisotopic (exact) mass is 275 g/mol. The molecule has 1 nitrogen and oxygen atoms in total. The molecule has 0 aliphatic carbocycles. The number of hydrogen-bond acceptors (Lipinski definition) is 2. The van der Waals surface area contributed by atoms with Gasteiger partial charge in [-0.15, -0.1) is 11.3 Å². The van der Waals surface area contributed by atoms with Crippen LogP contribution >= 0.6 is 27.3 Å². The van der Waals surface area contributed by atoms with E-state index in [0.717, 1.165) is 0 Å². The van der Waals surface area contributed by atoms with E-state index >= 15 is 0 Å². The van der Waals surface area contributed by atoms with Gasteiger partial charge >= 0.3 is 0 Å². The van der Waals surface area contributed by atoms with Crippen molar-refractivity contribution in [2.45, 2.75) is 38.6 Å². The highest BCUT2D eigenvalue weighted by molar-refractivity contribution is 9.10. The van der Waals surface area contributed by atoms with E-state index in [2.05, 4.69) is 39.6 Å². The summed E-state index contributed by atoms with van der Waals surface area (Å²) in [4.78, 5) is 1.44. The topological polar surface area (TPSA) is 12.0 Å². The fraction of sp³-hybridized carbons (Fsp3) is 0.636. The Labute approximate surface area is 99.0 Å². The molecule has 0 radical (unpaired) electrons. The molecule has 1 unspecified atom stereocenters. The van der Waals surface area contributed by atoms with Crippen LogP contribution in [0.1, 0.15) is 43.5 Å². The highest BCUT2D eigenvalue weighted by atomic mass is 79.9. The van der Waals surface area contributed by atoms with E-state index < -0.39 is 0 Å². The Morgan fingerprint density at radius 3 is 2.79 bits per heavy atom. The summed E-state index contributed by atoms with van der Waals surface area (Å²) >= 11 is 5.33. The molecule has 3 heteroatoms. The van der Waals surface area contributed by atoms with Gasteiger partial charge in [0.2, 0.25) is 0 Å². The number of rotatable bonds is 6. The molecule has 0 amide bonds. The summed E-state index contributed by atoms with van der Waals surface area (Å²) in [6.07, 6.45) is 5.20. The Bertz CT molecular complexity index is 260. The van der Waals surface area contributed by atoms with Gasteiger partial charge in [-0.05, 0) is 35.5 Å². The van der Waals surface area contributed by atoms with Crippen LogP contribution in [0.5, 0.6) is 0 Å². The van der Waals surface area contributed by atoms with E-state index in [1.807, 2.05) is 18.4 Å². The summed E-state index contributed by atoms with van der Waals surface area (Å²) in [6.45, 7) is 2.25. The van der Waals surface area contributed by atoms with E-state index in [9.17, 15) is 0 Å². The van der Waals surface area contributed by atoms with Crippen molar-refractivity contribution in [2.24, 2.45) is 0 Å². The van der Waals surface area contributed by atoms with Crippen LogP contribution in [0.3, 0.4) is 0 Å². The van der Waals surface area contributed by atoms with Crippen LogP contribution in [0.4, 0.5) is 0 Å². The van der Waals surface area contributed by atoms with Gasteiger partial charge in [-0.3, -0.25) is 0 Å². The average Bonchev–Trinajstić information content (AvgIpc) is 2.60. The Hall–Kier alpha value is 0.140. The molecule has 14 heavy (non-hydrogen) atoms. The van der Waals surface area contributed by atoms with Gasteiger partial charge in [0.15, 0.2) is 0 Å². The molecule has 0 saturated heterocycles. The molecule has 0 fully saturated rings. The molecular formula is C11H18BrNS. The highest BCUT2D eigenvalue weighted by Crippen LogP contribution is 2.28. The minimum atomic E-state index is 0.540. The Kier molecular flexibility index (Phi) is 5.75. The molecule has 0 aliphatic rings. The molecule has 1 heterocycles. The Morgan fingerprint density at radius 2 is 2.29 bits per heavy atom. The van der Waals surface area contributed by atoms with Crippen molar-refractivity contribution in [1.29, 1.82) is 0 Å². The summed E-state index contributed by atoms with van der Waals surface area (Å²) in [5.74, 6) is 0. The quantitative estimate of drug-likeness (QED) is 0.762. The third-order valence-electron chi connectivity index (χ3n) is 2.38. The van der Waals surface area contributed by atoms with Crippen LogP contribution in [-0.4, -0.2) is 7.05 Å². The summed E-state index contributed by atoms with van der Waals surface area (Å²) in [5.41, 5.74) is 0. The zero-order valence-corrected chi connectivity index (χ0v) is 11.2. The second-order valence-electron chi connectivity index (χ2n) is 3.50. The normalized spacial score (nSPS) is 13.1. The fourth-order valence-corrected chi connectivity index (χ4v) is 3.13. The van der Waals surface area contributed by atoms with Crippen molar-refractivity contribution in [3.63, 3.8) is 0 Å². The SMILES string of the molecule is CCCCCC(NC)c1cc(Br)cs1. The minimum Gasteiger partial charge on any atom is -0.312 e. The lowest BCUT2D eigenvalue weighted by molar-refractivity contribution is 0.518. The Balaban J connectivity index is 2.45. The van der Waals surface area contributed by atoms with Crippen molar-refractivity contribution in [2.75, 3.05) is 7.05 Å². The van der Waals surface area contributed by atoms with Gasteiger partial charge in [0.1, 0.15) is 0 Å². The Morgan fingerprint density at radius 1 is 1.50 bits per heavy atom. The van der Waals surface area contributed by atoms with Crippen LogP contribution in [0.2, 0.25) is 0 Å². The molecule has 0 bridgehead atoms. The lowest BCUT2D eigenvalue weighted by atomic mass is 10.1. The van der Waals surface area contributed by atoms with Gasteiger partial charge in [-0.2, -0.15) is 0 Å². The predicted molar refractivity (Wildman–Crippen MR) is 68.0 cm³/mol. The predicted octanol–water partition coefficient (Wildman–Crippen LogP) is 4.35. The van der Waals surface area contributed by atoms with Crippen molar-refractivity contribution < 1.29 is 0 Å². The smallest absolute Gasteiger partial charge is 0.0412 e. The second kappa shape index (κ2) is 6.59. The third kappa shape index (κ3) is 3.71. The first kappa shape index (κ1) is 12.2. The van der Waals surface area contributed by atoms with Crippen molar-refractivity contribution >= 4 is 27.3 Å². The molecule has 1 rings (SSSR count). The molecule has 0 aliphatic heterocycles. The molecule has 80 valence electrons. The van der Waals surface area contributed by atoms with Crippen molar-refractivity contribution in [3.05, 3.63) is 20.8 Å². The van der Waals surface area contributed by atoms with Gasteiger partial charge in [0, 0.05) is 20.8 Å². The zero-order valence-electron chi connectivity index (χ0n) is 8.85. The van der Waals surface area contributed by atoms with Gasteiger partial charge in [0.05, 0.1) is 0 Å². The fourth-order valence-electron chi connectivity index (χ4n) is 1.54. The van der Waals surface area contributed by atoms with E-state index in [0.29, 0.717) is 6.04 Å². The van der Waals surface area contributed by atoms with E-state index in [-0.39, 0.29) is 0 Å². The summed E-state index contributed by atoms with van der Waals surface area (Å²) in [6, 6.07) is 2.76. The van der Waals surface area contributed by atoms with Crippen molar-refractivity contribution in [3.8, 4) is 0 Å². The summed E-state index contributed by atoms with van der Waals surface area (Å²) in [7, 11) is 2.05. The number of unbranched alkanes of at least 4 members (excludes halogenated alkanes) is 2. The molecule has 1 aromatic heterocycles. The zero-order chi connectivity index (χ0) is 10.4. The molecule has 0 spiro atoms. The first-order valence-corrected chi connectivity index (χ1v) is 6.86. The number of halogens is 1. The van der Waals surface area contributed by atoms with Gasteiger partial charge in [-0.25, -0.2) is 0 Å². The lowest BCUT2D eigenvalue weighted by Crippen LogP contribution is -2.14. The maximum absolute atomic E-state index is 3.49. The minimum absolute atomic E-state index is 0.540. The van der Waals surface area contributed by atoms with Gasteiger partial charge < -0.3 is 5.32 Å². The second-order valence-corrected chi connectivity index (χ2v) is 5.36. The van der Waals surface area contributed by atoms with Crippen molar-refractivity contribution in [1.82, 2.24) is 5.32 Å². The van der Waals surface area contributed by atoms with E-state index in [1.165, 1.54) is 35.0 Å². The van der Waals surface area contributed by atoms with Crippen LogP contribution < -0.4 is 5.32 Å². The molecule has 1 aromatic rings. The summed E-state index contributed by atoms with van der Waals surface area (Å²) < 4.78 is 1.20. The maximum Gasteiger partial charge on any atom is 0.0412 e. The maximum atomic E-state index is 3.49. The molecule has 1 N–H and O–H groups in total. The lowest BCUT2D eigenvalue weighted by Gasteiger charge is -2.13. The molecule has 0 aromatic carbocycles. The number of nitrogens with one attached hydrogen (secondary N) is 1. The van der Waals surface area contributed by atoms with E-state index in [1.54, 1.807) is 0 Å². The number of thiophene rings is 1. The standard InChI is InChI=1S/C11H18BrNS/c1-3-4-5-6-10(13-2)11-7-9(12)8-14-11/h7-8,10,13H,3-6H2,1-2H3. The summed E-state index contributed by atoms with van der Waals surface area (Å²) in [5, 5.41) is 5.53. The van der Waals surface area contributed by atoms with Crippen LogP contribution in [0, 0.1) is 0 Å². The third-order valence-corrected chi connectivity index (χ3v) is 4.18. The first-order valence-electron chi connectivity index (χ1n) is 5.19. The van der Waals surface area contributed by atoms with Crippen LogP contribution in [0.25, 0.3) is 0 Å². The molecular weight excluding hydrogens is 258 g/mol. The largest absolute Gasteiger partial charge is 0.312 e. The molecule has 1 atom stereocenters. The van der Waals surface area contributed by atoms with Crippen LogP contribution in [0.15, 0.2) is 15.9 Å².